The summed E-state index contributed by atoms with van der Waals surface area (Å²) in [6.45, 7) is 5.92. The number of benzene rings is 5. The van der Waals surface area contributed by atoms with Crippen molar-refractivity contribution in [2.45, 2.75) is 116 Å². The molecule has 0 saturated carbocycles. The Labute approximate surface area is 447 Å². The largest absolute Gasteiger partial charge is 0.478 e. The van der Waals surface area contributed by atoms with Crippen LogP contribution in [-0.4, -0.2) is 84.1 Å². The lowest BCUT2D eigenvalue weighted by Crippen LogP contribution is -2.41. The van der Waals surface area contributed by atoms with Gasteiger partial charge in [-0.2, -0.15) is 0 Å². The van der Waals surface area contributed by atoms with Crippen LogP contribution in [0.5, 0.6) is 11.5 Å². The van der Waals surface area contributed by atoms with Crippen molar-refractivity contribution in [1.82, 2.24) is 20.3 Å². The van der Waals surface area contributed by atoms with E-state index in [1.54, 1.807) is 52.8 Å². The number of anilines is 2. The number of fused-ring (bicyclic) bond motifs is 4. The minimum absolute atomic E-state index is 0.0279. The Morgan fingerprint density at radius 2 is 1.52 bits per heavy atom. The second-order valence-corrected chi connectivity index (χ2v) is 20.9. The van der Waals surface area contributed by atoms with Crippen molar-refractivity contribution in [2.75, 3.05) is 49.5 Å². The highest BCUT2D eigenvalue weighted by atomic mass is 16.5. The fourth-order valence-electron chi connectivity index (χ4n) is 12.2. The predicted molar refractivity (Wildman–Crippen MR) is 293 cm³/mol. The number of ether oxygens (including phenoxy) is 1. The molecular weight excluding hydrogens is 975 g/mol. The Hall–Kier alpha value is -8.01. The van der Waals surface area contributed by atoms with Crippen molar-refractivity contribution < 1.29 is 39.0 Å². The molecule has 4 amide bonds. The molecule has 17 nitrogen and oxygen atoms in total. The molecule has 5 aromatic carbocycles. The lowest BCUT2D eigenvalue weighted by Gasteiger charge is -2.35. The number of aryl methyl sites for hydroxylation is 3. The molecule has 0 spiro atoms. The smallest absolute Gasteiger partial charge is 0.336 e. The summed E-state index contributed by atoms with van der Waals surface area (Å²) in [5, 5.41) is 31.6. The number of hydrogen-bond acceptors (Lipinski definition) is 9. The first-order valence-electron chi connectivity index (χ1n) is 27.4. The molecular formula is C60H66N9O8+. The third-order valence-corrected chi connectivity index (χ3v) is 15.8. The molecule has 77 heavy (non-hydrogen) atoms. The van der Waals surface area contributed by atoms with E-state index in [1.807, 2.05) is 19.1 Å². The quantitative estimate of drug-likeness (QED) is 0.0105. The first-order chi connectivity index (χ1) is 37.5. The van der Waals surface area contributed by atoms with Gasteiger partial charge in [-0.05, 0) is 154 Å². The maximum absolute atomic E-state index is 14.5. The highest BCUT2D eigenvalue weighted by Crippen LogP contribution is 2.48. The average molecular weight is 1040 g/mol. The number of carboxylic acids is 1. The second kappa shape index (κ2) is 23.5. The van der Waals surface area contributed by atoms with Crippen LogP contribution in [0, 0.1) is 6.92 Å². The van der Waals surface area contributed by atoms with Gasteiger partial charge in [-0.3, -0.25) is 24.4 Å². The van der Waals surface area contributed by atoms with Crippen molar-refractivity contribution >= 4 is 52.2 Å². The topological polar surface area (TPSA) is 229 Å². The molecule has 5 aromatic rings. The fraction of sp³-hybridized carbons (Fsp3) is 0.400. The van der Waals surface area contributed by atoms with Crippen LogP contribution in [0.1, 0.15) is 153 Å². The van der Waals surface area contributed by atoms with Crippen molar-refractivity contribution in [3.63, 3.8) is 0 Å². The summed E-state index contributed by atoms with van der Waals surface area (Å²) in [6.07, 6.45) is 13.0. The standard InChI is InChI=1S/C60H65N9O8/c1-37-13-10-16-42(53(37)64-66-61)36-69(59(73)38-21-24-43(25-22-38)63-50(70)19-4-2-3-5-20-51(71)65-76)32-27-62-58(72)41-23-26-44(60(74)75)47(35-41)52-48-33-39-14-6-8-28-67-30-11-17-45(54(39)67)56(48)77-57-46-18-12-31-68-29-9-7-15-40(55(46)68)34-49(52)57/h10,13,16,21-26,33-35H,2-9,11-12,14-15,17-20,27-32,36H2,1H3,(H4-,62,63,65,70,71,72,73,74,75,76)/p+1. The maximum Gasteiger partial charge on any atom is 0.336 e. The van der Waals surface area contributed by atoms with E-state index in [9.17, 15) is 34.6 Å². The first-order valence-corrected chi connectivity index (χ1v) is 27.4. The van der Waals surface area contributed by atoms with Crippen molar-refractivity contribution in [2.24, 2.45) is 5.11 Å². The van der Waals surface area contributed by atoms with Crippen LogP contribution in [0.3, 0.4) is 0 Å². The van der Waals surface area contributed by atoms with Crippen molar-refractivity contribution in [3.8, 4) is 11.5 Å². The number of nitrogens with one attached hydrogen (secondary N) is 3. The zero-order valence-corrected chi connectivity index (χ0v) is 43.7. The summed E-state index contributed by atoms with van der Waals surface area (Å²) in [6, 6.07) is 21.3. The number of amides is 4. The minimum Gasteiger partial charge on any atom is -0.478 e. The third kappa shape index (κ3) is 11.1. The van der Waals surface area contributed by atoms with Crippen LogP contribution >= 0.6 is 0 Å². The Morgan fingerprint density at radius 3 is 2.31 bits per heavy atom. The van der Waals surface area contributed by atoms with Crippen molar-refractivity contribution in [3.05, 3.63) is 155 Å². The fourth-order valence-corrected chi connectivity index (χ4v) is 12.2. The molecule has 5 aliphatic heterocycles. The van der Waals surface area contributed by atoms with E-state index < -0.39 is 17.8 Å². The molecule has 0 fully saturated rings. The van der Waals surface area contributed by atoms with Crippen LogP contribution in [0.4, 0.5) is 17.1 Å². The zero-order valence-electron chi connectivity index (χ0n) is 43.7. The summed E-state index contributed by atoms with van der Waals surface area (Å²) < 4.78 is 9.81. The van der Waals surface area contributed by atoms with Gasteiger partial charge >= 0.3 is 5.97 Å². The number of aromatic carboxylic acids is 1. The molecule has 0 radical (unpaired) electrons. The zero-order chi connectivity index (χ0) is 53.6. The molecule has 17 heteroatoms. The summed E-state index contributed by atoms with van der Waals surface area (Å²) in [5.41, 5.74) is 22.2. The molecule has 0 aliphatic carbocycles. The van der Waals surface area contributed by atoms with Gasteiger partial charge in [0, 0.05) is 119 Å². The summed E-state index contributed by atoms with van der Waals surface area (Å²) in [4.78, 5) is 73.6. The van der Waals surface area contributed by atoms with E-state index >= 15 is 0 Å². The van der Waals surface area contributed by atoms with E-state index in [4.69, 9.17) is 9.94 Å². The number of carbonyl (C=O) groups excluding carboxylic acids is 4. The van der Waals surface area contributed by atoms with E-state index in [-0.39, 0.29) is 55.4 Å². The highest BCUT2D eigenvalue weighted by molar-refractivity contribution is 6.03. The average Bonchev–Trinajstić information content (AvgIpc) is 4.02. The lowest BCUT2D eigenvalue weighted by atomic mass is 9.82. The van der Waals surface area contributed by atoms with Crippen LogP contribution < -0.4 is 40.9 Å². The molecule has 0 aromatic heterocycles. The van der Waals surface area contributed by atoms with Crippen LogP contribution in [0.25, 0.3) is 16.0 Å². The molecule has 0 bridgehead atoms. The Balaban J connectivity index is 0.951. The second-order valence-electron chi connectivity index (χ2n) is 20.9. The van der Waals surface area contributed by atoms with Crippen LogP contribution in [0.2, 0.25) is 0 Å². The molecule has 10 rings (SSSR count). The molecule has 0 saturated heterocycles. The van der Waals surface area contributed by atoms with E-state index in [0.717, 1.165) is 137 Å². The molecule has 5 heterocycles. The third-order valence-electron chi connectivity index (χ3n) is 15.8. The molecule has 0 unspecified atom stereocenters. The van der Waals surface area contributed by atoms with Gasteiger partial charge in [0.25, 0.3) is 11.8 Å². The summed E-state index contributed by atoms with van der Waals surface area (Å²) in [5.74, 6) is -0.941. The number of rotatable bonds is 18. The van der Waals surface area contributed by atoms with Gasteiger partial charge in [0.1, 0.15) is 24.6 Å². The van der Waals surface area contributed by atoms with Gasteiger partial charge in [0.2, 0.25) is 17.2 Å². The number of hydrogen-bond donors (Lipinski definition) is 5. The van der Waals surface area contributed by atoms with Gasteiger partial charge in [-0.15, -0.1) is 0 Å². The van der Waals surface area contributed by atoms with E-state index in [1.165, 1.54) is 39.4 Å². The number of unbranched alkanes of at least 4 members (excludes halogenated alkanes) is 3. The van der Waals surface area contributed by atoms with Gasteiger partial charge < -0.3 is 30.3 Å². The van der Waals surface area contributed by atoms with E-state index in [2.05, 4.69) is 42.3 Å². The maximum atomic E-state index is 14.5. The molecule has 5 N–H and O–H groups in total. The minimum atomic E-state index is -1.10. The van der Waals surface area contributed by atoms with Gasteiger partial charge in [0.05, 0.1) is 11.1 Å². The number of nitrogens with zero attached hydrogens (tertiary/aromatic N) is 6. The monoisotopic (exact) mass is 1040 g/mol. The van der Waals surface area contributed by atoms with Gasteiger partial charge in [0.15, 0.2) is 0 Å². The molecule has 5 aliphatic rings. The summed E-state index contributed by atoms with van der Waals surface area (Å²) in [7, 11) is 0. The molecule has 0 atom stereocenters. The van der Waals surface area contributed by atoms with Gasteiger partial charge in [-0.25, -0.2) is 14.9 Å². The normalized spacial score (nSPS) is 15.0. The number of carboxylic acid groups (broad SMARTS) is 1. The van der Waals surface area contributed by atoms with E-state index in [0.29, 0.717) is 40.9 Å². The SMILES string of the molecule is Cc1cccc(CN(CCNC(=O)c2ccc(C(=O)O)c(C3=c4cc5c6c(c4Oc4c3cc3c7c4CCCN7CCCC3)CCC[N+]=6CCCC5)c2)C(=O)c2ccc(NC(=O)CCCCCCC(=O)NO)cc2)c1N=[N+]=[N-]. The predicted octanol–water partition coefficient (Wildman–Crippen LogP) is 8.71. The summed E-state index contributed by atoms with van der Waals surface area (Å²) >= 11 is 0. The van der Waals surface area contributed by atoms with Crippen LogP contribution in [-0.2, 0) is 41.8 Å². The van der Waals surface area contributed by atoms with Crippen LogP contribution in [0.15, 0.2) is 77.9 Å². The Bertz CT molecular complexity index is 3370. The van der Waals surface area contributed by atoms with Gasteiger partial charge in [-0.1, -0.05) is 36.2 Å². The number of hydroxylamine groups is 1. The number of carbonyl (C=O) groups is 5. The first kappa shape index (κ1) is 52.4. The lowest BCUT2D eigenvalue weighted by molar-refractivity contribution is -0.129. The highest BCUT2D eigenvalue weighted by Gasteiger charge is 2.36. The number of azide groups is 1. The Morgan fingerprint density at radius 1 is 0.779 bits per heavy atom. The molecule has 398 valence electrons. The van der Waals surface area contributed by atoms with Crippen molar-refractivity contribution in [1.29, 1.82) is 0 Å². The Kier molecular flexibility index (Phi) is 16.0.